The summed E-state index contributed by atoms with van der Waals surface area (Å²) in [7, 11) is -3.36. The summed E-state index contributed by atoms with van der Waals surface area (Å²) < 4.78 is 41.3. The molecule has 2 fully saturated rings. The van der Waals surface area contributed by atoms with Gasteiger partial charge in [-0.2, -0.15) is 0 Å². The maximum absolute atomic E-state index is 12.2. The van der Waals surface area contributed by atoms with Crippen LogP contribution >= 0.6 is 0 Å². The number of hydrogen-bond donors (Lipinski definition) is 0. The Morgan fingerprint density at radius 1 is 1.00 bits per heavy atom. The van der Waals surface area contributed by atoms with Crippen LogP contribution in [0.1, 0.15) is 66.2 Å². The van der Waals surface area contributed by atoms with Gasteiger partial charge in [0.2, 0.25) is 5.88 Å². The smallest absolute Gasteiger partial charge is 0.410 e. The van der Waals surface area contributed by atoms with Gasteiger partial charge in [-0.1, -0.05) is 6.92 Å². The highest BCUT2D eigenvalue weighted by molar-refractivity contribution is 7.91. The molecule has 1 aliphatic carbocycles. The lowest BCUT2D eigenvalue weighted by Gasteiger charge is -2.36. The minimum absolute atomic E-state index is 0.00801. The van der Waals surface area contributed by atoms with Crippen molar-refractivity contribution < 1.29 is 27.4 Å². The summed E-state index contributed by atoms with van der Waals surface area (Å²) in [6.45, 7) is 8.51. The maximum Gasteiger partial charge on any atom is 0.410 e. The van der Waals surface area contributed by atoms with Gasteiger partial charge in [0.15, 0.2) is 14.9 Å². The lowest BCUT2D eigenvalue weighted by Crippen LogP contribution is -2.44. The summed E-state index contributed by atoms with van der Waals surface area (Å²) in [4.78, 5) is 22.0. The molecule has 0 aromatic carbocycles. The van der Waals surface area contributed by atoms with Gasteiger partial charge >= 0.3 is 6.09 Å². The van der Waals surface area contributed by atoms with E-state index in [2.05, 4.69) is 9.97 Å². The first kappa shape index (κ1) is 24.7. The van der Waals surface area contributed by atoms with Crippen molar-refractivity contribution in [1.82, 2.24) is 14.9 Å². The van der Waals surface area contributed by atoms with Crippen LogP contribution in [-0.4, -0.2) is 72.1 Å². The van der Waals surface area contributed by atoms with Crippen molar-refractivity contribution >= 4 is 15.9 Å². The number of sulfone groups is 1. The molecule has 2 heterocycles. The monoisotopic (exact) mass is 469 g/mol. The highest BCUT2D eigenvalue weighted by Gasteiger charge is 2.30. The molecule has 0 spiro atoms. The molecule has 1 amide bonds. The number of hydrogen-bond acceptors (Lipinski definition) is 8. The summed E-state index contributed by atoms with van der Waals surface area (Å²) in [5.74, 6) is 0.338. The van der Waals surface area contributed by atoms with Gasteiger partial charge in [-0.05, 0) is 59.3 Å². The standard InChI is InChI=1S/C22H35N3O6S/c1-5-32(27,28)20-15-23-19(14-24-20)30-17-8-6-16(7-9-17)29-18-10-12-25(13-11-18)21(26)31-22(2,3)4/h14-18H,5-13H2,1-4H3/t16-,17-. The van der Waals surface area contributed by atoms with Crippen LogP contribution in [0.5, 0.6) is 5.88 Å². The first-order chi connectivity index (χ1) is 15.1. The fraction of sp³-hybridized carbons (Fsp3) is 0.773. The minimum atomic E-state index is -3.36. The van der Waals surface area contributed by atoms with Gasteiger partial charge in [-0.15, -0.1) is 0 Å². The van der Waals surface area contributed by atoms with E-state index in [4.69, 9.17) is 14.2 Å². The van der Waals surface area contributed by atoms with E-state index < -0.39 is 15.4 Å². The second kappa shape index (κ2) is 10.3. The van der Waals surface area contributed by atoms with Crippen molar-refractivity contribution in [2.45, 2.75) is 95.2 Å². The molecule has 1 aromatic rings. The van der Waals surface area contributed by atoms with Crippen molar-refractivity contribution in [3.05, 3.63) is 12.4 Å². The van der Waals surface area contributed by atoms with Gasteiger partial charge in [0.25, 0.3) is 0 Å². The molecule has 180 valence electrons. The summed E-state index contributed by atoms with van der Waals surface area (Å²) >= 11 is 0. The molecule has 0 radical (unpaired) electrons. The lowest BCUT2D eigenvalue weighted by molar-refractivity contribution is -0.0678. The highest BCUT2D eigenvalue weighted by Crippen LogP contribution is 2.28. The van der Waals surface area contributed by atoms with Crippen LogP contribution in [0.2, 0.25) is 0 Å². The second-order valence-electron chi connectivity index (χ2n) is 9.42. The van der Waals surface area contributed by atoms with E-state index in [1.807, 2.05) is 20.8 Å². The van der Waals surface area contributed by atoms with E-state index in [9.17, 15) is 13.2 Å². The highest BCUT2D eigenvalue weighted by atomic mass is 32.2. The SMILES string of the molecule is CCS(=O)(=O)c1cnc(O[C@H]2CC[C@H](OC3CCN(C(=O)OC(C)(C)C)CC3)CC2)cn1. The average molecular weight is 470 g/mol. The third-order valence-corrected chi connectivity index (χ3v) is 7.30. The van der Waals surface area contributed by atoms with Crippen molar-refractivity contribution in [1.29, 1.82) is 0 Å². The van der Waals surface area contributed by atoms with Crippen molar-refractivity contribution in [2.75, 3.05) is 18.8 Å². The normalized spacial score (nSPS) is 23.1. The van der Waals surface area contributed by atoms with E-state index >= 15 is 0 Å². The molecule has 10 heteroatoms. The Morgan fingerprint density at radius 2 is 1.59 bits per heavy atom. The quantitative estimate of drug-likeness (QED) is 0.624. The molecule has 0 bridgehead atoms. The van der Waals surface area contributed by atoms with Crippen LogP contribution in [0.4, 0.5) is 4.79 Å². The number of rotatable bonds is 6. The van der Waals surface area contributed by atoms with E-state index in [0.29, 0.717) is 19.0 Å². The summed E-state index contributed by atoms with van der Waals surface area (Å²) in [6.07, 6.45) is 7.87. The Kier molecular flexibility index (Phi) is 7.97. The topological polar surface area (TPSA) is 108 Å². The Bertz CT molecular complexity index is 853. The van der Waals surface area contributed by atoms with E-state index in [-0.39, 0.29) is 35.2 Å². The number of carbonyl (C=O) groups is 1. The van der Waals surface area contributed by atoms with Gasteiger partial charge in [-0.25, -0.2) is 23.2 Å². The molecule has 0 unspecified atom stereocenters. The van der Waals surface area contributed by atoms with E-state index in [1.54, 1.807) is 11.8 Å². The molecule has 0 N–H and O–H groups in total. The number of nitrogens with zero attached hydrogens (tertiary/aromatic N) is 3. The molecule has 1 aromatic heterocycles. The van der Waals surface area contributed by atoms with Gasteiger partial charge in [0.05, 0.1) is 30.4 Å². The van der Waals surface area contributed by atoms with Crippen molar-refractivity contribution in [3.8, 4) is 5.88 Å². The Labute approximate surface area is 190 Å². The molecule has 1 saturated carbocycles. The predicted octanol–water partition coefficient (Wildman–Crippen LogP) is 3.38. The van der Waals surface area contributed by atoms with E-state index in [0.717, 1.165) is 38.5 Å². The minimum Gasteiger partial charge on any atom is -0.473 e. The molecular weight excluding hydrogens is 434 g/mol. The van der Waals surface area contributed by atoms with Crippen LogP contribution < -0.4 is 4.74 Å². The first-order valence-electron chi connectivity index (χ1n) is 11.4. The summed E-state index contributed by atoms with van der Waals surface area (Å²) in [5, 5.41) is -0.0258. The molecule has 9 nitrogen and oxygen atoms in total. The number of aromatic nitrogens is 2. The Balaban J connectivity index is 1.38. The number of piperidine rings is 1. The number of amides is 1. The van der Waals surface area contributed by atoms with Crippen LogP contribution in [0.15, 0.2) is 17.4 Å². The van der Waals surface area contributed by atoms with Crippen LogP contribution in [0.3, 0.4) is 0 Å². The third-order valence-electron chi connectivity index (χ3n) is 5.69. The number of likely N-dealkylation sites (tertiary alicyclic amines) is 1. The van der Waals surface area contributed by atoms with Crippen molar-refractivity contribution in [3.63, 3.8) is 0 Å². The zero-order valence-corrected chi connectivity index (χ0v) is 20.3. The molecule has 1 saturated heterocycles. The molecule has 3 rings (SSSR count). The van der Waals surface area contributed by atoms with Crippen LogP contribution in [0, 0.1) is 0 Å². The Hall–Kier alpha value is -1.94. The predicted molar refractivity (Wildman–Crippen MR) is 118 cm³/mol. The van der Waals surface area contributed by atoms with Gasteiger partial charge in [-0.3, -0.25) is 0 Å². The lowest BCUT2D eigenvalue weighted by atomic mass is 9.94. The first-order valence-corrected chi connectivity index (χ1v) is 13.1. The third kappa shape index (κ3) is 7.03. The zero-order chi connectivity index (χ0) is 23.4. The zero-order valence-electron chi connectivity index (χ0n) is 19.5. The van der Waals surface area contributed by atoms with Crippen molar-refractivity contribution in [2.24, 2.45) is 0 Å². The summed E-state index contributed by atoms with van der Waals surface area (Å²) in [5.41, 5.74) is -0.480. The molecule has 2 aliphatic rings. The Morgan fingerprint density at radius 3 is 2.12 bits per heavy atom. The fourth-order valence-electron chi connectivity index (χ4n) is 3.90. The molecular formula is C22H35N3O6S. The summed E-state index contributed by atoms with van der Waals surface area (Å²) in [6, 6.07) is 0. The number of ether oxygens (including phenoxy) is 3. The average Bonchev–Trinajstić information content (AvgIpc) is 2.75. The maximum atomic E-state index is 12.2. The van der Waals surface area contributed by atoms with Crippen LogP contribution in [-0.2, 0) is 19.3 Å². The van der Waals surface area contributed by atoms with Gasteiger partial charge in [0, 0.05) is 13.1 Å². The van der Waals surface area contributed by atoms with Gasteiger partial charge < -0.3 is 19.1 Å². The molecule has 0 atom stereocenters. The largest absolute Gasteiger partial charge is 0.473 e. The van der Waals surface area contributed by atoms with Crippen LogP contribution in [0.25, 0.3) is 0 Å². The fourth-order valence-corrected chi connectivity index (χ4v) is 4.63. The van der Waals surface area contributed by atoms with Gasteiger partial charge in [0.1, 0.15) is 11.7 Å². The molecule has 32 heavy (non-hydrogen) atoms. The number of carbonyl (C=O) groups excluding carboxylic acids is 1. The molecule has 1 aliphatic heterocycles. The second-order valence-corrected chi connectivity index (χ2v) is 11.6. The van der Waals surface area contributed by atoms with E-state index in [1.165, 1.54) is 12.4 Å².